The second-order valence-corrected chi connectivity index (χ2v) is 19.0. The highest BCUT2D eigenvalue weighted by atomic mass is 19.2. The minimum atomic E-state index is -1.01. The molecule has 6 atom stereocenters. The normalized spacial score (nSPS) is 22.3. The first-order valence-corrected chi connectivity index (χ1v) is 23.9. The number of carbonyl (C=O) groups is 4. The van der Waals surface area contributed by atoms with E-state index in [-0.39, 0.29) is 60.5 Å². The van der Waals surface area contributed by atoms with Crippen molar-refractivity contribution in [2.24, 2.45) is 0 Å². The van der Waals surface area contributed by atoms with Crippen LogP contribution in [-0.2, 0) is 28.7 Å². The molecule has 6 heterocycles. The van der Waals surface area contributed by atoms with Gasteiger partial charge in [0.1, 0.15) is 35.4 Å². The summed E-state index contributed by atoms with van der Waals surface area (Å²) in [5.41, 5.74) is 9.27. The van der Waals surface area contributed by atoms with Gasteiger partial charge in [-0.15, -0.1) is 0 Å². The molecule has 11 rings (SSSR count). The number of hydrogen-bond donors (Lipinski definition) is 1. The van der Waals surface area contributed by atoms with Gasteiger partial charge in [0.2, 0.25) is 11.8 Å². The largest absolute Gasteiger partial charge is 0.462 e. The third-order valence-electron chi connectivity index (χ3n) is 14.2. The number of fused-ring (bicyclic) bond motifs is 2. The van der Waals surface area contributed by atoms with Crippen molar-refractivity contribution in [3.8, 4) is 22.3 Å². The summed E-state index contributed by atoms with van der Waals surface area (Å²) in [5, 5.41) is 11.2. The summed E-state index contributed by atoms with van der Waals surface area (Å²) < 4.78 is 54.0. The van der Waals surface area contributed by atoms with Gasteiger partial charge in [0.25, 0.3) is 0 Å². The number of ether oxygens (including phenoxy) is 2. The summed E-state index contributed by atoms with van der Waals surface area (Å²) in [4.78, 5) is 59.6. The van der Waals surface area contributed by atoms with Gasteiger partial charge in [-0.25, -0.2) is 18.7 Å². The summed E-state index contributed by atoms with van der Waals surface area (Å²) >= 11 is 0. The fourth-order valence-corrected chi connectivity index (χ4v) is 11.3. The van der Waals surface area contributed by atoms with Crippen molar-refractivity contribution in [3.63, 3.8) is 0 Å². The van der Waals surface area contributed by atoms with Crippen molar-refractivity contribution in [1.29, 1.82) is 0 Å². The fraction of sp³-hybridized carbons (Fsp3) is 0.423. The molecule has 2 saturated carbocycles. The van der Waals surface area contributed by atoms with Crippen LogP contribution in [-0.4, -0.2) is 65.4 Å². The van der Waals surface area contributed by atoms with Gasteiger partial charge in [0.05, 0.1) is 45.5 Å². The molecule has 4 fully saturated rings. The SMILES string of the molecule is CC(=O)O[C@@H]1CC[C@@H](n2c([C@@H]3CCC(=O)N3)nc3cc(-c4c(C)noc4C)ccc32)C1.CC(=O)O[C@@H]1CC[C@@H](n2c([C@@H]3CCC(=O)N3c3ccc(F)c(F)c3)nc3cc(-c4c(C)noc4C)ccc32)C1. The van der Waals surface area contributed by atoms with E-state index >= 15 is 0 Å². The molecule has 4 aromatic heterocycles. The van der Waals surface area contributed by atoms with E-state index in [0.29, 0.717) is 36.5 Å². The zero-order valence-corrected chi connectivity index (χ0v) is 39.9. The Morgan fingerprint density at radius 3 is 1.69 bits per heavy atom. The molecule has 0 unspecified atom stereocenters. The first kappa shape index (κ1) is 46.5. The quantitative estimate of drug-likeness (QED) is 0.135. The summed E-state index contributed by atoms with van der Waals surface area (Å²) in [6.07, 6.45) is 6.32. The fourth-order valence-electron chi connectivity index (χ4n) is 11.3. The van der Waals surface area contributed by atoms with Crippen LogP contribution in [0.25, 0.3) is 44.3 Å². The zero-order chi connectivity index (χ0) is 49.1. The van der Waals surface area contributed by atoms with Crippen LogP contribution in [0.2, 0.25) is 0 Å². The second-order valence-electron chi connectivity index (χ2n) is 19.0. The number of halogens is 2. The first-order chi connectivity index (χ1) is 33.6. The second kappa shape index (κ2) is 18.6. The number of benzene rings is 3. The van der Waals surface area contributed by atoms with E-state index in [1.807, 2.05) is 45.9 Å². The molecule has 0 spiro atoms. The molecule has 364 valence electrons. The van der Waals surface area contributed by atoms with Gasteiger partial charge in [-0.1, -0.05) is 22.4 Å². The van der Waals surface area contributed by atoms with Crippen molar-refractivity contribution in [1.82, 2.24) is 34.7 Å². The van der Waals surface area contributed by atoms with Crippen LogP contribution in [0.15, 0.2) is 63.6 Å². The lowest BCUT2D eigenvalue weighted by atomic mass is 10.0. The lowest BCUT2D eigenvalue weighted by Crippen LogP contribution is -2.30. The molecule has 18 heteroatoms. The summed E-state index contributed by atoms with van der Waals surface area (Å²) in [7, 11) is 0. The molecule has 16 nitrogen and oxygen atoms in total. The minimum Gasteiger partial charge on any atom is -0.462 e. The van der Waals surface area contributed by atoms with Gasteiger partial charge in [-0.3, -0.25) is 19.2 Å². The molecular formula is C52H54F2N8O8. The molecule has 0 radical (unpaired) electrons. The van der Waals surface area contributed by atoms with E-state index in [2.05, 4.69) is 43.0 Å². The molecule has 2 aliphatic heterocycles. The number of aryl methyl sites for hydroxylation is 4. The van der Waals surface area contributed by atoms with Crippen LogP contribution in [0, 0.1) is 39.3 Å². The maximum absolute atomic E-state index is 14.2. The number of hydrogen-bond acceptors (Lipinski definition) is 12. The number of esters is 2. The number of nitrogens with zero attached hydrogens (tertiary/aromatic N) is 7. The van der Waals surface area contributed by atoms with Gasteiger partial charge in [-0.05, 0) is 114 Å². The van der Waals surface area contributed by atoms with Crippen molar-refractivity contribution in [2.45, 2.75) is 142 Å². The number of anilines is 1. The number of aromatic nitrogens is 6. The highest BCUT2D eigenvalue weighted by Gasteiger charge is 2.40. The highest BCUT2D eigenvalue weighted by molar-refractivity contribution is 5.96. The Balaban J connectivity index is 0.000000166. The maximum atomic E-state index is 14.2. The van der Waals surface area contributed by atoms with Gasteiger partial charge in [0.15, 0.2) is 11.6 Å². The Hall–Kier alpha value is -7.24. The van der Waals surface area contributed by atoms with E-state index < -0.39 is 17.7 Å². The van der Waals surface area contributed by atoms with E-state index in [4.69, 9.17) is 28.5 Å². The monoisotopic (exact) mass is 956 g/mol. The zero-order valence-electron chi connectivity index (χ0n) is 39.9. The Morgan fingerprint density at radius 1 is 0.657 bits per heavy atom. The third-order valence-corrected chi connectivity index (χ3v) is 14.2. The van der Waals surface area contributed by atoms with Crippen LogP contribution in [0.1, 0.15) is 137 Å². The van der Waals surface area contributed by atoms with Gasteiger partial charge in [-0.2, -0.15) is 0 Å². The van der Waals surface area contributed by atoms with Crippen LogP contribution in [0.3, 0.4) is 0 Å². The Morgan fingerprint density at radius 2 is 1.20 bits per heavy atom. The van der Waals surface area contributed by atoms with Gasteiger partial charge < -0.3 is 37.9 Å². The average Bonchev–Trinajstić information content (AvgIpc) is 4.19. The first-order valence-electron chi connectivity index (χ1n) is 23.9. The van der Waals surface area contributed by atoms with E-state index in [9.17, 15) is 28.0 Å². The standard InChI is InChI=1S/C29H28F2N4O4.C23H26N4O4/c1-15-28(16(2)39-33-15)18-4-9-25-24(12-18)32-29(35(25)19-5-7-21(13-19)38-17(3)36)26-10-11-27(37)34(26)20-6-8-22(30)23(31)14-20;1-12-22(13(2)31-26-12)15-4-8-20-19(10-15)25-23(18-7-9-21(29)24-18)27(20)16-5-6-17(11-16)30-14(3)28/h4,6,8-9,12,14,19,21,26H,5,7,10-11,13H2,1-3H3;4,8,10,16-18H,5-7,9,11H2,1-3H3,(H,24,29)/t19-,21-,26+;16-,17-,18+/m11/s1. The van der Waals surface area contributed by atoms with Crippen molar-refractivity contribution < 1.29 is 46.5 Å². The molecule has 7 aromatic rings. The molecule has 70 heavy (non-hydrogen) atoms. The summed E-state index contributed by atoms with van der Waals surface area (Å²) in [5.74, 6) is 0.383. The predicted molar refractivity (Wildman–Crippen MR) is 252 cm³/mol. The molecule has 4 aliphatic rings. The van der Waals surface area contributed by atoms with Crippen LogP contribution >= 0.6 is 0 Å². The van der Waals surface area contributed by atoms with Crippen LogP contribution in [0.5, 0.6) is 0 Å². The highest BCUT2D eigenvalue weighted by Crippen LogP contribution is 2.44. The van der Waals surface area contributed by atoms with Gasteiger partial charge >= 0.3 is 11.9 Å². The molecular weight excluding hydrogens is 903 g/mol. The Kier molecular flexibility index (Phi) is 12.3. The Labute approximate surface area is 401 Å². The molecule has 3 aromatic carbocycles. The van der Waals surface area contributed by atoms with E-state index in [0.717, 1.165) is 118 Å². The molecule has 2 saturated heterocycles. The number of nitrogens with one attached hydrogen (secondary N) is 1. The van der Waals surface area contributed by atoms with E-state index in [1.54, 1.807) is 0 Å². The van der Waals surface area contributed by atoms with E-state index in [1.165, 1.54) is 24.8 Å². The molecule has 1 N–H and O–H groups in total. The minimum absolute atomic E-state index is 0.0122. The van der Waals surface area contributed by atoms with Crippen molar-refractivity contribution >= 4 is 51.5 Å². The lowest BCUT2D eigenvalue weighted by Gasteiger charge is -2.27. The predicted octanol–water partition coefficient (Wildman–Crippen LogP) is 10.0. The van der Waals surface area contributed by atoms with Crippen molar-refractivity contribution in [3.05, 3.63) is 101 Å². The topological polar surface area (TPSA) is 190 Å². The summed E-state index contributed by atoms with van der Waals surface area (Å²) in [6.45, 7) is 10.5. The maximum Gasteiger partial charge on any atom is 0.302 e. The smallest absolute Gasteiger partial charge is 0.302 e. The van der Waals surface area contributed by atoms with Crippen LogP contribution < -0.4 is 10.2 Å². The average molecular weight is 957 g/mol. The summed E-state index contributed by atoms with van der Waals surface area (Å²) in [6, 6.07) is 15.3. The molecule has 2 amide bonds. The number of carbonyl (C=O) groups excluding carboxylic acids is 4. The number of amides is 2. The molecule has 0 bridgehead atoms. The van der Waals surface area contributed by atoms with Crippen LogP contribution in [0.4, 0.5) is 14.5 Å². The number of rotatable bonds is 9. The lowest BCUT2D eigenvalue weighted by molar-refractivity contribution is -0.147. The van der Waals surface area contributed by atoms with Gasteiger partial charge in [0, 0.05) is 74.5 Å². The molecule has 2 aliphatic carbocycles. The number of imidazole rings is 2. The van der Waals surface area contributed by atoms with Crippen molar-refractivity contribution in [2.75, 3.05) is 4.90 Å². The third kappa shape index (κ3) is 8.72. The Bertz CT molecular complexity index is 3170.